The number of benzene rings is 1. The van der Waals surface area contributed by atoms with Crippen molar-refractivity contribution in [3.8, 4) is 0 Å². The van der Waals surface area contributed by atoms with Gasteiger partial charge in [-0.3, -0.25) is 9.78 Å². The number of rotatable bonds is 4. The summed E-state index contributed by atoms with van der Waals surface area (Å²) in [5.41, 5.74) is 1.87. The van der Waals surface area contributed by atoms with Gasteiger partial charge < -0.3 is 0 Å². The van der Waals surface area contributed by atoms with Crippen LogP contribution in [0.2, 0.25) is 5.02 Å². The number of carbonyl (C=O) groups is 1. The Morgan fingerprint density at radius 1 is 1.06 bits per heavy atom. The first-order valence-electron chi connectivity index (χ1n) is 5.40. The summed E-state index contributed by atoms with van der Waals surface area (Å²) >= 11 is 6.01. The van der Waals surface area contributed by atoms with E-state index in [9.17, 15) is 4.79 Å². The Bertz CT molecular complexity index is 511. The van der Waals surface area contributed by atoms with Gasteiger partial charge in [0, 0.05) is 30.3 Å². The third-order valence-electron chi connectivity index (χ3n) is 2.50. The van der Waals surface area contributed by atoms with Gasteiger partial charge in [-0.15, -0.1) is 0 Å². The van der Waals surface area contributed by atoms with E-state index in [1.807, 2.05) is 30.3 Å². The normalized spacial score (nSPS) is 10.2. The van der Waals surface area contributed by atoms with E-state index in [1.54, 1.807) is 18.5 Å². The number of carbonyl (C=O) groups excluding carboxylic acids is 1. The van der Waals surface area contributed by atoms with Gasteiger partial charge in [-0.25, -0.2) is 0 Å². The lowest BCUT2D eigenvalue weighted by molar-refractivity contribution is -0.117. The van der Waals surface area contributed by atoms with Crippen LogP contribution in [-0.2, 0) is 17.6 Å². The Hall–Kier alpha value is -1.67. The van der Waals surface area contributed by atoms with Crippen molar-refractivity contribution < 1.29 is 4.79 Å². The van der Waals surface area contributed by atoms with Crippen LogP contribution in [0.1, 0.15) is 11.1 Å². The molecule has 0 aliphatic heterocycles. The molecule has 0 unspecified atom stereocenters. The van der Waals surface area contributed by atoms with Crippen molar-refractivity contribution in [2.45, 2.75) is 12.8 Å². The molecule has 0 bridgehead atoms. The van der Waals surface area contributed by atoms with Gasteiger partial charge in [-0.1, -0.05) is 29.8 Å². The molecule has 0 radical (unpaired) electrons. The lowest BCUT2D eigenvalue weighted by Gasteiger charge is -2.03. The van der Waals surface area contributed by atoms with E-state index in [0.29, 0.717) is 17.9 Å². The van der Waals surface area contributed by atoms with E-state index in [2.05, 4.69) is 4.98 Å². The van der Waals surface area contributed by atoms with E-state index < -0.39 is 0 Å². The molecule has 1 heterocycles. The summed E-state index contributed by atoms with van der Waals surface area (Å²) in [6, 6.07) is 11.1. The summed E-state index contributed by atoms with van der Waals surface area (Å²) in [5, 5.41) is 0.649. The number of Topliss-reactive ketones (excluding diaryl/α,β-unsaturated/α-hetero) is 1. The maximum atomic E-state index is 11.9. The second kappa shape index (κ2) is 5.60. The minimum Gasteiger partial charge on any atom is -0.299 e. The third-order valence-corrected chi connectivity index (χ3v) is 2.86. The van der Waals surface area contributed by atoms with Gasteiger partial charge in [0.2, 0.25) is 0 Å². The molecule has 0 atom stereocenters. The van der Waals surface area contributed by atoms with Crippen molar-refractivity contribution in [3.63, 3.8) is 0 Å². The average Bonchev–Trinajstić information content (AvgIpc) is 2.33. The van der Waals surface area contributed by atoms with Gasteiger partial charge in [0.1, 0.15) is 5.78 Å². The number of hydrogen-bond acceptors (Lipinski definition) is 2. The molecule has 0 spiro atoms. The Balaban J connectivity index is 2.01. The van der Waals surface area contributed by atoms with Gasteiger partial charge in [0.25, 0.3) is 0 Å². The van der Waals surface area contributed by atoms with E-state index in [1.165, 1.54) is 0 Å². The van der Waals surface area contributed by atoms with Gasteiger partial charge >= 0.3 is 0 Å². The molecule has 2 aromatic rings. The highest BCUT2D eigenvalue weighted by Gasteiger charge is 2.07. The predicted molar refractivity (Wildman–Crippen MR) is 68.1 cm³/mol. The van der Waals surface area contributed by atoms with Crippen LogP contribution in [0, 0.1) is 0 Å². The standard InChI is InChI=1S/C14H12ClNO/c15-14-4-2-1-3-12(14)10-13(17)9-11-5-7-16-8-6-11/h1-8H,9-10H2. The molecule has 0 fully saturated rings. The molecular weight excluding hydrogens is 234 g/mol. The van der Waals surface area contributed by atoms with Crippen LogP contribution in [0.3, 0.4) is 0 Å². The number of hydrogen-bond donors (Lipinski definition) is 0. The van der Waals surface area contributed by atoms with Crippen molar-refractivity contribution in [3.05, 3.63) is 64.9 Å². The highest BCUT2D eigenvalue weighted by atomic mass is 35.5. The lowest BCUT2D eigenvalue weighted by atomic mass is 10.0. The molecule has 0 N–H and O–H groups in total. The first-order valence-corrected chi connectivity index (χ1v) is 5.77. The molecule has 1 aromatic heterocycles. The van der Waals surface area contributed by atoms with E-state index in [-0.39, 0.29) is 5.78 Å². The van der Waals surface area contributed by atoms with E-state index in [4.69, 9.17) is 11.6 Å². The quantitative estimate of drug-likeness (QED) is 0.829. The molecule has 86 valence electrons. The van der Waals surface area contributed by atoms with Crippen LogP contribution in [-0.4, -0.2) is 10.8 Å². The number of nitrogens with zero attached hydrogens (tertiary/aromatic N) is 1. The SMILES string of the molecule is O=C(Cc1ccncc1)Cc1ccccc1Cl. The molecule has 1 aromatic carbocycles. The zero-order chi connectivity index (χ0) is 12.1. The summed E-state index contributed by atoms with van der Waals surface area (Å²) in [6.45, 7) is 0. The minimum atomic E-state index is 0.157. The molecule has 3 heteroatoms. The van der Waals surface area contributed by atoms with Crippen LogP contribution < -0.4 is 0 Å². The maximum Gasteiger partial charge on any atom is 0.141 e. The average molecular weight is 246 g/mol. The van der Waals surface area contributed by atoms with Crippen molar-refractivity contribution in [1.82, 2.24) is 4.98 Å². The number of halogens is 1. The van der Waals surface area contributed by atoms with Crippen LogP contribution in [0.25, 0.3) is 0 Å². The number of pyridine rings is 1. The van der Waals surface area contributed by atoms with Crippen molar-refractivity contribution in [2.75, 3.05) is 0 Å². The van der Waals surface area contributed by atoms with E-state index >= 15 is 0 Å². The molecule has 0 saturated carbocycles. The Morgan fingerprint density at radius 3 is 2.47 bits per heavy atom. The van der Waals surface area contributed by atoms with Crippen molar-refractivity contribution in [2.24, 2.45) is 0 Å². The maximum absolute atomic E-state index is 11.9. The second-order valence-electron chi connectivity index (χ2n) is 3.84. The summed E-state index contributed by atoms with van der Waals surface area (Å²) in [4.78, 5) is 15.8. The molecule has 0 saturated heterocycles. The zero-order valence-electron chi connectivity index (χ0n) is 9.27. The fourth-order valence-corrected chi connectivity index (χ4v) is 1.85. The summed E-state index contributed by atoms with van der Waals surface area (Å²) in [5.74, 6) is 0.157. The van der Waals surface area contributed by atoms with Crippen LogP contribution in [0.15, 0.2) is 48.8 Å². The number of ketones is 1. The summed E-state index contributed by atoms with van der Waals surface area (Å²) in [7, 11) is 0. The Morgan fingerprint density at radius 2 is 1.76 bits per heavy atom. The fraction of sp³-hybridized carbons (Fsp3) is 0.143. The molecule has 2 rings (SSSR count). The Labute approximate surface area is 105 Å². The third kappa shape index (κ3) is 3.40. The summed E-state index contributed by atoms with van der Waals surface area (Å²) in [6.07, 6.45) is 4.19. The number of aromatic nitrogens is 1. The molecule has 0 aliphatic carbocycles. The predicted octanol–water partition coefficient (Wildman–Crippen LogP) is 3.09. The van der Waals surface area contributed by atoms with Gasteiger partial charge in [-0.2, -0.15) is 0 Å². The van der Waals surface area contributed by atoms with Crippen LogP contribution in [0.4, 0.5) is 0 Å². The van der Waals surface area contributed by atoms with Crippen molar-refractivity contribution >= 4 is 17.4 Å². The Kier molecular flexibility index (Phi) is 3.89. The van der Waals surface area contributed by atoms with E-state index in [0.717, 1.165) is 11.1 Å². The molecule has 0 amide bonds. The molecule has 0 aliphatic rings. The summed E-state index contributed by atoms with van der Waals surface area (Å²) < 4.78 is 0. The molecule has 2 nitrogen and oxygen atoms in total. The van der Waals surface area contributed by atoms with Crippen LogP contribution >= 0.6 is 11.6 Å². The monoisotopic (exact) mass is 245 g/mol. The molecule has 17 heavy (non-hydrogen) atoms. The van der Waals surface area contributed by atoms with Gasteiger partial charge in [-0.05, 0) is 29.3 Å². The lowest BCUT2D eigenvalue weighted by Crippen LogP contribution is -2.06. The first-order chi connectivity index (χ1) is 8.25. The first kappa shape index (κ1) is 11.8. The molecular formula is C14H12ClNO. The van der Waals surface area contributed by atoms with Crippen molar-refractivity contribution in [1.29, 1.82) is 0 Å². The zero-order valence-corrected chi connectivity index (χ0v) is 10.0. The minimum absolute atomic E-state index is 0.157. The van der Waals surface area contributed by atoms with Crippen LogP contribution in [0.5, 0.6) is 0 Å². The van der Waals surface area contributed by atoms with Gasteiger partial charge in [0.05, 0.1) is 0 Å². The largest absolute Gasteiger partial charge is 0.299 e. The topological polar surface area (TPSA) is 30.0 Å². The smallest absolute Gasteiger partial charge is 0.141 e. The van der Waals surface area contributed by atoms with Gasteiger partial charge in [0.15, 0.2) is 0 Å². The highest BCUT2D eigenvalue weighted by molar-refractivity contribution is 6.31. The highest BCUT2D eigenvalue weighted by Crippen LogP contribution is 2.16. The fourth-order valence-electron chi connectivity index (χ4n) is 1.64. The second-order valence-corrected chi connectivity index (χ2v) is 4.25.